The van der Waals surface area contributed by atoms with Crippen LogP contribution in [0, 0.1) is 0 Å². The van der Waals surface area contributed by atoms with Gasteiger partial charge in [-0.2, -0.15) is 0 Å². The minimum atomic E-state index is -0.299. The van der Waals surface area contributed by atoms with Crippen molar-refractivity contribution < 1.29 is 4.42 Å². The maximum Gasteiger partial charge on any atom is 0.336 e. The molecule has 1 N–H and O–H groups in total. The highest BCUT2D eigenvalue weighted by atomic mass is 32.2. The monoisotopic (exact) mass is 371 g/mol. The van der Waals surface area contributed by atoms with Gasteiger partial charge in [0.1, 0.15) is 5.58 Å². The quantitative estimate of drug-likeness (QED) is 0.401. The molecule has 1 aliphatic carbocycles. The normalized spacial score (nSPS) is 13.1. The lowest BCUT2D eigenvalue weighted by Crippen LogP contribution is -2.00. The number of hydrogen-bond acceptors (Lipinski definition) is 7. The van der Waals surface area contributed by atoms with Crippen molar-refractivity contribution in [1.82, 2.24) is 10.2 Å². The molecule has 0 fully saturated rings. The summed E-state index contributed by atoms with van der Waals surface area (Å²) in [6.07, 6.45) is 5.12. The van der Waals surface area contributed by atoms with Crippen LogP contribution in [0.4, 0.5) is 5.13 Å². The number of thioether (sulfide) groups is 1. The van der Waals surface area contributed by atoms with E-state index in [0.717, 1.165) is 33.3 Å². The Morgan fingerprint density at radius 2 is 2.12 bits per heavy atom. The molecule has 0 bridgehead atoms. The minimum absolute atomic E-state index is 0.299. The smallest absolute Gasteiger partial charge is 0.336 e. The lowest BCUT2D eigenvalue weighted by molar-refractivity contribution is 0.559. The third-order valence-electron chi connectivity index (χ3n) is 4.20. The molecule has 0 unspecified atom stereocenters. The van der Waals surface area contributed by atoms with Crippen LogP contribution in [0.1, 0.15) is 23.1 Å². The van der Waals surface area contributed by atoms with Crippen LogP contribution < -0.4 is 10.9 Å². The first kappa shape index (κ1) is 16.4. The molecule has 3 aromatic rings. The molecule has 0 atom stereocenters. The fraction of sp³-hybridized carbons (Fsp3) is 0.278. The van der Waals surface area contributed by atoms with Gasteiger partial charge in [-0.1, -0.05) is 29.2 Å². The van der Waals surface area contributed by atoms with Gasteiger partial charge >= 0.3 is 5.63 Å². The number of fused-ring (bicyclic) bond motifs is 2. The number of anilines is 1. The molecule has 0 saturated carbocycles. The molecule has 4 rings (SSSR count). The van der Waals surface area contributed by atoms with E-state index >= 15 is 0 Å². The highest BCUT2D eigenvalue weighted by Crippen LogP contribution is 2.32. The van der Waals surface area contributed by atoms with Crippen LogP contribution in [0.15, 0.2) is 44.4 Å². The Hall–Kier alpha value is -2.12. The zero-order chi connectivity index (χ0) is 17.2. The van der Waals surface area contributed by atoms with Gasteiger partial charge in [-0.3, -0.25) is 0 Å². The molecule has 5 nitrogen and oxygen atoms in total. The molecular formula is C18H17N3O2S2. The first-order valence-electron chi connectivity index (χ1n) is 8.12. The summed E-state index contributed by atoms with van der Waals surface area (Å²) < 4.78 is 6.29. The van der Waals surface area contributed by atoms with E-state index in [2.05, 4.69) is 28.2 Å². The predicted octanol–water partition coefficient (Wildman–Crippen LogP) is 4.02. The van der Waals surface area contributed by atoms with Gasteiger partial charge in [0.2, 0.25) is 5.13 Å². The van der Waals surface area contributed by atoms with Crippen LogP contribution in [0.2, 0.25) is 0 Å². The predicted molar refractivity (Wildman–Crippen MR) is 103 cm³/mol. The summed E-state index contributed by atoms with van der Waals surface area (Å²) in [5.41, 5.74) is 4.06. The lowest BCUT2D eigenvalue weighted by atomic mass is 10.0. The number of benzene rings is 1. The van der Waals surface area contributed by atoms with Crippen molar-refractivity contribution in [2.24, 2.45) is 0 Å². The molecule has 0 saturated heterocycles. The van der Waals surface area contributed by atoms with Crippen molar-refractivity contribution in [3.63, 3.8) is 0 Å². The number of rotatable bonds is 6. The first-order chi connectivity index (χ1) is 12.2. The van der Waals surface area contributed by atoms with Crippen LogP contribution >= 0.6 is 23.1 Å². The standard InChI is InChI=1S/C18H17N3O2S2/c1-2-6-19-17-20-21-18(25-17)24-10-13-9-16(22)23-15-8-12-5-3-4-11(12)7-14(13)15/h2,7-9H,1,3-6,10H2,(H,19,20). The zero-order valence-corrected chi connectivity index (χ0v) is 15.2. The Labute approximate surface area is 153 Å². The maximum atomic E-state index is 11.9. The first-order valence-corrected chi connectivity index (χ1v) is 9.93. The second-order valence-electron chi connectivity index (χ2n) is 5.89. The van der Waals surface area contributed by atoms with Gasteiger partial charge in [0.15, 0.2) is 4.34 Å². The molecule has 2 aromatic heterocycles. The van der Waals surface area contributed by atoms with Gasteiger partial charge in [-0.15, -0.1) is 16.8 Å². The third-order valence-corrected chi connectivity index (χ3v) is 6.26. The Balaban J connectivity index is 1.59. The molecule has 128 valence electrons. The molecule has 25 heavy (non-hydrogen) atoms. The minimum Gasteiger partial charge on any atom is -0.423 e. The van der Waals surface area contributed by atoms with Crippen molar-refractivity contribution >= 4 is 39.2 Å². The number of nitrogens with zero attached hydrogens (tertiary/aromatic N) is 2. The van der Waals surface area contributed by atoms with Crippen molar-refractivity contribution in [1.29, 1.82) is 0 Å². The lowest BCUT2D eigenvalue weighted by Gasteiger charge is -2.07. The van der Waals surface area contributed by atoms with Crippen LogP contribution in [-0.4, -0.2) is 16.7 Å². The van der Waals surface area contributed by atoms with Gasteiger partial charge < -0.3 is 9.73 Å². The fourth-order valence-corrected chi connectivity index (χ4v) is 4.80. The summed E-state index contributed by atoms with van der Waals surface area (Å²) >= 11 is 3.09. The van der Waals surface area contributed by atoms with Crippen LogP contribution in [0.25, 0.3) is 11.0 Å². The molecule has 7 heteroatoms. The maximum absolute atomic E-state index is 11.9. The second kappa shape index (κ2) is 7.01. The third kappa shape index (κ3) is 3.48. The molecule has 0 spiro atoms. The average molecular weight is 371 g/mol. The highest BCUT2D eigenvalue weighted by Gasteiger charge is 2.15. The summed E-state index contributed by atoms with van der Waals surface area (Å²) in [5, 5.41) is 13.2. The second-order valence-corrected chi connectivity index (χ2v) is 8.09. The Bertz CT molecular complexity index is 994. The van der Waals surface area contributed by atoms with Gasteiger partial charge in [0, 0.05) is 23.8 Å². The molecule has 0 radical (unpaired) electrons. The zero-order valence-electron chi connectivity index (χ0n) is 13.6. The van der Waals surface area contributed by atoms with Crippen molar-refractivity contribution in [3.8, 4) is 0 Å². The molecule has 1 aromatic carbocycles. The topological polar surface area (TPSA) is 68.0 Å². The number of aryl methyl sites for hydroxylation is 2. The van der Waals surface area contributed by atoms with E-state index in [0.29, 0.717) is 17.9 Å². The number of aromatic nitrogens is 2. The summed E-state index contributed by atoms with van der Waals surface area (Å²) in [6.45, 7) is 4.33. The van der Waals surface area contributed by atoms with E-state index in [9.17, 15) is 4.79 Å². The van der Waals surface area contributed by atoms with Gasteiger partial charge in [-0.05, 0) is 48.1 Å². The summed E-state index contributed by atoms with van der Waals surface area (Å²) in [4.78, 5) is 11.9. The van der Waals surface area contributed by atoms with E-state index in [1.807, 2.05) is 6.07 Å². The van der Waals surface area contributed by atoms with Gasteiger partial charge in [0.05, 0.1) is 0 Å². The molecule has 1 aliphatic rings. The van der Waals surface area contributed by atoms with Crippen molar-refractivity contribution in [2.45, 2.75) is 29.4 Å². The molecule has 2 heterocycles. The average Bonchev–Trinajstić information content (AvgIpc) is 3.24. The van der Waals surface area contributed by atoms with E-state index in [4.69, 9.17) is 4.42 Å². The van der Waals surface area contributed by atoms with E-state index in [1.165, 1.54) is 28.9 Å². The molecular weight excluding hydrogens is 354 g/mol. The largest absolute Gasteiger partial charge is 0.423 e. The SMILES string of the molecule is C=CCNc1nnc(SCc2cc(=O)oc3cc4c(cc23)CCC4)s1. The Morgan fingerprint density at radius 3 is 2.96 bits per heavy atom. The summed E-state index contributed by atoms with van der Waals surface area (Å²) in [6, 6.07) is 5.82. The van der Waals surface area contributed by atoms with E-state index < -0.39 is 0 Å². The van der Waals surface area contributed by atoms with Crippen molar-refractivity contribution in [3.05, 3.63) is 58.0 Å². The van der Waals surface area contributed by atoms with Gasteiger partial charge in [0.25, 0.3) is 0 Å². The van der Waals surface area contributed by atoms with Gasteiger partial charge in [-0.25, -0.2) is 4.79 Å². The van der Waals surface area contributed by atoms with Crippen LogP contribution in [0.5, 0.6) is 0 Å². The summed E-state index contributed by atoms with van der Waals surface area (Å²) in [5.74, 6) is 0.664. The van der Waals surface area contributed by atoms with E-state index in [-0.39, 0.29) is 5.63 Å². The highest BCUT2D eigenvalue weighted by molar-refractivity contribution is 8.00. The van der Waals surface area contributed by atoms with Crippen LogP contribution in [0.3, 0.4) is 0 Å². The number of nitrogens with one attached hydrogen (secondary N) is 1. The van der Waals surface area contributed by atoms with Crippen LogP contribution in [-0.2, 0) is 18.6 Å². The fourth-order valence-electron chi connectivity index (χ4n) is 3.05. The molecule has 0 aliphatic heterocycles. The molecule has 0 amide bonds. The number of hydrogen-bond donors (Lipinski definition) is 1. The Morgan fingerprint density at radius 1 is 1.28 bits per heavy atom. The van der Waals surface area contributed by atoms with Crippen molar-refractivity contribution in [2.75, 3.05) is 11.9 Å². The van der Waals surface area contributed by atoms with E-state index in [1.54, 1.807) is 23.9 Å². The summed E-state index contributed by atoms with van der Waals surface area (Å²) in [7, 11) is 0. The Kier molecular flexibility index (Phi) is 4.59.